The van der Waals surface area contributed by atoms with Crippen LogP contribution in [0.1, 0.15) is 39.2 Å². The second-order valence-electron chi connectivity index (χ2n) is 7.47. The minimum absolute atomic E-state index is 0.953. The van der Waals surface area contributed by atoms with Crippen molar-refractivity contribution in [3.8, 4) is 0 Å². The first-order valence-electron chi connectivity index (χ1n) is 10.3. The summed E-state index contributed by atoms with van der Waals surface area (Å²) in [6.07, 6.45) is 9.29. The molecule has 0 radical (unpaired) electrons. The average Bonchev–Trinajstić information content (AvgIpc) is 2.79. The summed E-state index contributed by atoms with van der Waals surface area (Å²) in [5.41, 5.74) is 8.18. The van der Waals surface area contributed by atoms with Gasteiger partial charge in [-0.05, 0) is 59.9 Å². The van der Waals surface area contributed by atoms with Gasteiger partial charge in [-0.25, -0.2) is 4.98 Å². The molecule has 1 nitrogen and oxygen atoms in total. The van der Waals surface area contributed by atoms with Gasteiger partial charge in [0.1, 0.15) is 0 Å². The molecule has 0 spiro atoms. The lowest BCUT2D eigenvalue weighted by molar-refractivity contribution is 1.19. The van der Waals surface area contributed by atoms with Crippen LogP contribution in [0.3, 0.4) is 0 Å². The molecule has 0 saturated heterocycles. The van der Waals surface area contributed by atoms with Crippen LogP contribution in [0.15, 0.2) is 97.1 Å². The van der Waals surface area contributed by atoms with E-state index in [9.17, 15) is 0 Å². The van der Waals surface area contributed by atoms with E-state index in [1.807, 2.05) is 18.2 Å². The Morgan fingerprint density at radius 2 is 1.07 bits per heavy atom. The molecular weight excluding hydrogens is 362 g/mol. The molecule has 0 aliphatic rings. The van der Waals surface area contributed by atoms with Crippen LogP contribution < -0.4 is 0 Å². The Balaban J connectivity index is 1.41. The number of aromatic nitrogens is 1. The topological polar surface area (TPSA) is 12.9 Å². The standard InChI is InChI=1S/C29H25N/c1-23-10-12-24(13-11-23)18-20-28-8-5-9-29(30-28)21-19-25-14-16-27(17-15-25)22-26-6-3-2-4-7-26/h2-21H,22H2,1H3/b20-18+,21-19+. The fourth-order valence-electron chi connectivity index (χ4n) is 3.27. The van der Waals surface area contributed by atoms with Crippen LogP contribution >= 0.6 is 0 Å². The highest BCUT2D eigenvalue weighted by atomic mass is 14.7. The van der Waals surface area contributed by atoms with E-state index in [2.05, 4.69) is 110 Å². The van der Waals surface area contributed by atoms with Crippen molar-refractivity contribution in [3.05, 3.63) is 136 Å². The van der Waals surface area contributed by atoms with E-state index in [1.54, 1.807) is 0 Å². The van der Waals surface area contributed by atoms with Crippen molar-refractivity contribution in [1.29, 1.82) is 0 Å². The zero-order chi connectivity index (χ0) is 20.6. The van der Waals surface area contributed by atoms with Gasteiger partial charge in [0.25, 0.3) is 0 Å². The average molecular weight is 388 g/mol. The molecule has 1 aromatic heterocycles. The third-order valence-corrected chi connectivity index (χ3v) is 4.99. The SMILES string of the molecule is Cc1ccc(/C=C/c2cccc(/C=C/c3ccc(Cc4ccccc4)cc3)n2)cc1. The molecule has 0 bridgehead atoms. The zero-order valence-corrected chi connectivity index (χ0v) is 17.2. The third kappa shape index (κ3) is 5.65. The van der Waals surface area contributed by atoms with Crippen LogP contribution in [0.5, 0.6) is 0 Å². The number of benzene rings is 3. The number of hydrogen-bond donors (Lipinski definition) is 0. The minimum atomic E-state index is 0.953. The molecule has 146 valence electrons. The lowest BCUT2D eigenvalue weighted by Gasteiger charge is -2.02. The normalized spacial score (nSPS) is 11.4. The van der Waals surface area contributed by atoms with Crippen molar-refractivity contribution in [2.24, 2.45) is 0 Å². The van der Waals surface area contributed by atoms with Gasteiger partial charge in [0, 0.05) is 0 Å². The Bertz CT molecular complexity index is 1140. The number of rotatable bonds is 6. The first kappa shape index (κ1) is 19.6. The summed E-state index contributed by atoms with van der Waals surface area (Å²) in [6, 6.07) is 33.9. The van der Waals surface area contributed by atoms with Gasteiger partial charge in [0.15, 0.2) is 0 Å². The second kappa shape index (κ2) is 9.67. The maximum absolute atomic E-state index is 4.72. The number of hydrogen-bond acceptors (Lipinski definition) is 1. The summed E-state index contributed by atoms with van der Waals surface area (Å²) >= 11 is 0. The summed E-state index contributed by atoms with van der Waals surface area (Å²) in [6.45, 7) is 2.10. The molecule has 0 aliphatic heterocycles. The lowest BCUT2D eigenvalue weighted by Crippen LogP contribution is -1.87. The molecular formula is C29H25N. The van der Waals surface area contributed by atoms with Crippen LogP contribution in [0, 0.1) is 6.92 Å². The maximum Gasteiger partial charge on any atom is 0.0637 e. The zero-order valence-electron chi connectivity index (χ0n) is 17.2. The molecule has 0 amide bonds. The van der Waals surface area contributed by atoms with Gasteiger partial charge in [-0.3, -0.25) is 0 Å². The molecule has 0 saturated carbocycles. The molecule has 0 fully saturated rings. The van der Waals surface area contributed by atoms with Crippen molar-refractivity contribution in [2.45, 2.75) is 13.3 Å². The van der Waals surface area contributed by atoms with Crippen LogP contribution in [-0.2, 0) is 6.42 Å². The quantitative estimate of drug-likeness (QED) is 0.338. The summed E-state index contributed by atoms with van der Waals surface area (Å²) in [7, 11) is 0. The van der Waals surface area contributed by atoms with Gasteiger partial charge >= 0.3 is 0 Å². The van der Waals surface area contributed by atoms with Gasteiger partial charge in [0.2, 0.25) is 0 Å². The molecule has 0 aliphatic carbocycles. The minimum Gasteiger partial charge on any atom is -0.249 e. The molecule has 4 rings (SSSR count). The van der Waals surface area contributed by atoms with E-state index in [0.29, 0.717) is 0 Å². The number of aryl methyl sites for hydroxylation is 1. The van der Waals surface area contributed by atoms with E-state index in [0.717, 1.165) is 17.8 Å². The highest BCUT2D eigenvalue weighted by Crippen LogP contribution is 2.14. The largest absolute Gasteiger partial charge is 0.249 e. The van der Waals surface area contributed by atoms with Crippen molar-refractivity contribution < 1.29 is 0 Å². The van der Waals surface area contributed by atoms with Crippen LogP contribution in [0.2, 0.25) is 0 Å². The van der Waals surface area contributed by atoms with Crippen LogP contribution in [0.25, 0.3) is 24.3 Å². The predicted octanol–water partition coefficient (Wildman–Crippen LogP) is 7.32. The Hall–Kier alpha value is -3.71. The Morgan fingerprint density at radius 3 is 1.67 bits per heavy atom. The molecule has 0 N–H and O–H groups in total. The molecule has 3 aromatic carbocycles. The lowest BCUT2D eigenvalue weighted by atomic mass is 10.0. The van der Waals surface area contributed by atoms with Crippen molar-refractivity contribution in [1.82, 2.24) is 4.98 Å². The first-order valence-corrected chi connectivity index (χ1v) is 10.3. The maximum atomic E-state index is 4.72. The highest BCUT2D eigenvalue weighted by molar-refractivity contribution is 5.71. The van der Waals surface area contributed by atoms with E-state index >= 15 is 0 Å². The molecule has 30 heavy (non-hydrogen) atoms. The number of nitrogens with zero attached hydrogens (tertiary/aromatic N) is 1. The molecule has 0 atom stereocenters. The van der Waals surface area contributed by atoms with Gasteiger partial charge in [0.05, 0.1) is 11.4 Å². The Morgan fingerprint density at radius 1 is 0.533 bits per heavy atom. The highest BCUT2D eigenvalue weighted by Gasteiger charge is 1.97. The summed E-state index contributed by atoms with van der Waals surface area (Å²) in [5, 5.41) is 0. The fourth-order valence-corrected chi connectivity index (χ4v) is 3.27. The second-order valence-corrected chi connectivity index (χ2v) is 7.47. The van der Waals surface area contributed by atoms with Crippen molar-refractivity contribution in [2.75, 3.05) is 0 Å². The Kier molecular flexibility index (Phi) is 6.31. The summed E-state index contributed by atoms with van der Waals surface area (Å²) in [4.78, 5) is 4.72. The summed E-state index contributed by atoms with van der Waals surface area (Å²) < 4.78 is 0. The van der Waals surface area contributed by atoms with E-state index in [-0.39, 0.29) is 0 Å². The van der Waals surface area contributed by atoms with E-state index in [4.69, 9.17) is 4.98 Å². The predicted molar refractivity (Wildman–Crippen MR) is 129 cm³/mol. The van der Waals surface area contributed by atoms with Crippen molar-refractivity contribution in [3.63, 3.8) is 0 Å². The Labute approximate surface area is 179 Å². The van der Waals surface area contributed by atoms with Gasteiger partial charge in [-0.2, -0.15) is 0 Å². The number of pyridine rings is 1. The molecule has 4 aromatic rings. The third-order valence-electron chi connectivity index (χ3n) is 4.99. The van der Waals surface area contributed by atoms with Crippen LogP contribution in [-0.4, -0.2) is 4.98 Å². The smallest absolute Gasteiger partial charge is 0.0637 e. The first-order chi connectivity index (χ1) is 14.7. The van der Waals surface area contributed by atoms with E-state index in [1.165, 1.54) is 27.8 Å². The fraction of sp³-hybridized carbons (Fsp3) is 0.0690. The van der Waals surface area contributed by atoms with Gasteiger partial charge < -0.3 is 0 Å². The van der Waals surface area contributed by atoms with Crippen molar-refractivity contribution >= 4 is 24.3 Å². The molecule has 0 unspecified atom stereocenters. The van der Waals surface area contributed by atoms with Crippen LogP contribution in [0.4, 0.5) is 0 Å². The molecule has 1 heterocycles. The van der Waals surface area contributed by atoms with E-state index < -0.39 is 0 Å². The van der Waals surface area contributed by atoms with Gasteiger partial charge in [-0.15, -0.1) is 0 Å². The monoisotopic (exact) mass is 387 g/mol. The molecule has 1 heteroatoms. The van der Waals surface area contributed by atoms with Gasteiger partial charge in [-0.1, -0.05) is 103 Å². The summed E-state index contributed by atoms with van der Waals surface area (Å²) in [5.74, 6) is 0.